The summed E-state index contributed by atoms with van der Waals surface area (Å²) in [4.78, 5) is 8.98. The van der Waals surface area contributed by atoms with Crippen molar-refractivity contribution in [2.45, 2.75) is 0 Å². The average Bonchev–Trinajstić information content (AvgIpc) is 0.811. The smallest absolute Gasteiger partial charge is 0.262 e. The molecule has 0 aromatic carbocycles. The molecule has 0 aromatic heterocycles. The first-order valence-corrected chi connectivity index (χ1v) is 1.34. The van der Waals surface area contributed by atoms with Crippen LogP contribution >= 0.6 is 23.2 Å². The topological polar surface area (TPSA) is 17.1 Å². The van der Waals surface area contributed by atoms with Crippen molar-refractivity contribution < 1.29 is 25.2 Å². The summed E-state index contributed by atoms with van der Waals surface area (Å²) in [5, 5.41) is 0. The fourth-order valence-electron chi connectivity index (χ4n) is 0. The third kappa shape index (κ3) is 50.1. The van der Waals surface area contributed by atoms with Gasteiger partial charge in [-0.2, -0.15) is 0 Å². The molecule has 0 rings (SSSR count). The molecule has 5 heavy (non-hydrogen) atoms. The summed E-state index contributed by atoms with van der Waals surface area (Å²) >= 11 is 8.80. The van der Waals surface area contributed by atoms with Crippen LogP contribution in [0.1, 0.15) is 0 Å². The zero-order chi connectivity index (χ0) is 3.58. The monoisotopic (exact) mass is 204 g/mol. The van der Waals surface area contributed by atoms with Gasteiger partial charge in [0.05, 0.1) is 0 Å². The van der Waals surface area contributed by atoms with Crippen molar-refractivity contribution in [1.29, 1.82) is 0 Å². The minimum absolute atomic E-state index is 0. The Bertz CT molecular complexity index is 32.6. The second kappa shape index (κ2) is 4.91. The van der Waals surface area contributed by atoms with E-state index in [1.165, 1.54) is 0 Å². The summed E-state index contributed by atoms with van der Waals surface area (Å²) in [7, 11) is 0. The van der Waals surface area contributed by atoms with Gasteiger partial charge in [-0.05, 0) is 23.2 Å². The van der Waals surface area contributed by atoms with Crippen LogP contribution in [0.3, 0.4) is 0 Å². The number of rotatable bonds is 0. The van der Waals surface area contributed by atoms with E-state index in [0.29, 0.717) is 0 Å². The molecule has 0 radical (unpaired) electrons. The van der Waals surface area contributed by atoms with Gasteiger partial charge in [0, 0.05) is 20.4 Å². The van der Waals surface area contributed by atoms with Gasteiger partial charge in [-0.1, -0.05) is 0 Å². The summed E-state index contributed by atoms with van der Waals surface area (Å²) < 4.78 is -0.889. The molecule has 4 heteroatoms. The third-order valence-electron chi connectivity index (χ3n) is 0. The second-order valence-corrected chi connectivity index (χ2v) is 1.11. The fraction of sp³-hybridized carbons (Fsp3) is 0. The fourth-order valence-corrected chi connectivity index (χ4v) is 0. The van der Waals surface area contributed by atoms with E-state index in [1.807, 2.05) is 0 Å². The molecule has 34 valence electrons. The zero-order valence-corrected chi connectivity index (χ0v) is 5.05. The minimum atomic E-state index is -0.889. The molecule has 0 saturated heterocycles. The maximum atomic E-state index is 8.98. The molecule has 1 nitrogen and oxygen atoms in total. The molecule has 0 spiro atoms. The molecule has 0 aliphatic rings. The SMILES string of the molecule is O=C(Cl)Cl.[Pd]. The first kappa shape index (κ1) is 9.32. The van der Waals surface area contributed by atoms with E-state index < -0.39 is 4.70 Å². The molecule has 0 fully saturated rings. The van der Waals surface area contributed by atoms with Crippen LogP contribution in [0.2, 0.25) is 0 Å². The van der Waals surface area contributed by atoms with Crippen LogP contribution in [-0.2, 0) is 20.4 Å². The Morgan fingerprint density at radius 2 is 1.40 bits per heavy atom. The molecule has 0 heterocycles. The Morgan fingerprint density at radius 1 is 1.40 bits per heavy atom. The number of halogens is 2. The molecule has 0 aliphatic heterocycles. The standard InChI is InChI=1S/CCl2O.Pd/c2-1(3)4;. The maximum absolute atomic E-state index is 8.98. The van der Waals surface area contributed by atoms with Crippen LogP contribution in [0.4, 0.5) is 4.79 Å². The zero-order valence-electron chi connectivity index (χ0n) is 1.98. The summed E-state index contributed by atoms with van der Waals surface area (Å²) in [6, 6.07) is 0. The number of hydrogen-bond acceptors (Lipinski definition) is 1. The molecule has 0 amide bonds. The molecule has 0 saturated carbocycles. The Hall–Kier alpha value is 0.912. The van der Waals surface area contributed by atoms with Gasteiger partial charge in [0.15, 0.2) is 0 Å². The van der Waals surface area contributed by atoms with Crippen LogP contribution in [-0.4, -0.2) is 4.70 Å². The van der Waals surface area contributed by atoms with Crippen LogP contribution in [0.5, 0.6) is 0 Å². The summed E-state index contributed by atoms with van der Waals surface area (Å²) in [6.07, 6.45) is 0. The van der Waals surface area contributed by atoms with Crippen LogP contribution in [0.25, 0.3) is 0 Å². The number of carbonyl (C=O) groups is 1. The van der Waals surface area contributed by atoms with Crippen LogP contribution < -0.4 is 0 Å². The van der Waals surface area contributed by atoms with Crippen molar-refractivity contribution in [2.75, 3.05) is 0 Å². The van der Waals surface area contributed by atoms with Crippen molar-refractivity contribution >= 4 is 27.9 Å². The van der Waals surface area contributed by atoms with Gasteiger partial charge in [0.2, 0.25) is 0 Å². The number of carbonyl (C=O) groups excluding carboxylic acids is 1. The van der Waals surface area contributed by atoms with E-state index >= 15 is 0 Å². The van der Waals surface area contributed by atoms with E-state index in [0.717, 1.165) is 0 Å². The van der Waals surface area contributed by atoms with Gasteiger partial charge >= 0.3 is 4.70 Å². The van der Waals surface area contributed by atoms with Crippen LogP contribution in [0, 0.1) is 0 Å². The quantitative estimate of drug-likeness (QED) is 0.433. The molecule has 0 aromatic rings. The maximum Gasteiger partial charge on any atom is 0.313 e. The predicted octanol–water partition coefficient (Wildman–Crippen LogP) is 1.58. The molecule has 0 bridgehead atoms. The van der Waals surface area contributed by atoms with Gasteiger partial charge in [0.25, 0.3) is 0 Å². The summed E-state index contributed by atoms with van der Waals surface area (Å²) in [5.41, 5.74) is 0. The van der Waals surface area contributed by atoms with Gasteiger partial charge in [-0.3, -0.25) is 4.79 Å². The third-order valence-corrected chi connectivity index (χ3v) is 0. The molecule has 0 unspecified atom stereocenters. The predicted molar refractivity (Wildman–Crippen MR) is 17.1 cm³/mol. The van der Waals surface area contributed by atoms with Crippen LogP contribution in [0.15, 0.2) is 0 Å². The number of hydrogen-bond donors (Lipinski definition) is 0. The Kier molecular flexibility index (Phi) is 9.16. The van der Waals surface area contributed by atoms with Gasteiger partial charge < -0.3 is 0 Å². The molecular formula is CCl2OPd. The molecular weight excluding hydrogens is 205 g/mol. The first-order valence-electron chi connectivity index (χ1n) is 0.582. The van der Waals surface area contributed by atoms with Crippen molar-refractivity contribution in [3.63, 3.8) is 0 Å². The van der Waals surface area contributed by atoms with E-state index in [4.69, 9.17) is 4.79 Å². The first-order chi connectivity index (χ1) is 1.73. The molecule has 0 N–H and O–H groups in total. The van der Waals surface area contributed by atoms with E-state index in [2.05, 4.69) is 23.2 Å². The Morgan fingerprint density at radius 3 is 1.40 bits per heavy atom. The largest absolute Gasteiger partial charge is 0.313 e. The normalized spacial score (nSPS) is 5.20. The minimum Gasteiger partial charge on any atom is -0.262 e. The summed E-state index contributed by atoms with van der Waals surface area (Å²) in [5.74, 6) is 0. The van der Waals surface area contributed by atoms with E-state index in [-0.39, 0.29) is 20.4 Å². The van der Waals surface area contributed by atoms with Crippen molar-refractivity contribution in [3.05, 3.63) is 0 Å². The van der Waals surface area contributed by atoms with Crippen molar-refractivity contribution in [3.8, 4) is 0 Å². The van der Waals surface area contributed by atoms with Crippen molar-refractivity contribution in [2.24, 2.45) is 0 Å². The Balaban J connectivity index is 0. The molecule has 0 atom stereocenters. The van der Waals surface area contributed by atoms with E-state index in [9.17, 15) is 0 Å². The summed E-state index contributed by atoms with van der Waals surface area (Å²) in [6.45, 7) is 0. The van der Waals surface area contributed by atoms with Crippen molar-refractivity contribution in [1.82, 2.24) is 0 Å². The van der Waals surface area contributed by atoms with E-state index in [1.54, 1.807) is 0 Å². The van der Waals surface area contributed by atoms with Gasteiger partial charge in [-0.15, -0.1) is 0 Å². The van der Waals surface area contributed by atoms with Gasteiger partial charge in [0.1, 0.15) is 0 Å². The van der Waals surface area contributed by atoms with Gasteiger partial charge in [-0.25, -0.2) is 0 Å². The molecule has 0 aliphatic carbocycles. The Labute approximate surface area is 53.3 Å². The second-order valence-electron chi connectivity index (χ2n) is 0.226. The average molecular weight is 205 g/mol.